The predicted molar refractivity (Wildman–Crippen MR) is 229 cm³/mol. The predicted octanol–water partition coefficient (Wildman–Crippen LogP) is 1.17. The number of halogens is 2. The van der Waals surface area contributed by atoms with Crippen molar-refractivity contribution in [2.24, 2.45) is 22.7 Å². The van der Waals surface area contributed by atoms with E-state index in [9.17, 15) is 53.5 Å². The van der Waals surface area contributed by atoms with Crippen molar-refractivity contribution >= 4 is 23.7 Å². The number of hydrogen-bond donors (Lipinski definition) is 18. The summed E-state index contributed by atoms with van der Waals surface area (Å²) in [6.07, 6.45) is -3.30. The van der Waals surface area contributed by atoms with Gasteiger partial charge in [-0.15, -0.1) is 0 Å². The Balaban J connectivity index is 0.000000441. The number of nitrogens with one attached hydrogen (secondary N) is 2. The highest BCUT2D eigenvalue weighted by Gasteiger charge is 2.43. The number of carboxylic acid groups (broad SMARTS) is 3. The Morgan fingerprint density at radius 2 is 1.03 bits per heavy atom. The Labute approximate surface area is 375 Å². The molecule has 0 aliphatic carbocycles. The standard InChI is InChI=1S/C11H12F2O4.C11H16N2O5.C10H14N2O4.C10H13NO4/c1-11(9(12)13,10(16)17)5-6-2-3-7(14)8(15)4-6;12-7(5-14)9(16)4-13-3-6-1-2-8(15)11(18)10(6)17;1-10(12-11,9(15)16)5-6-2-3-7(13)8(14)4-6;1-10(11,9(14)15)5-6-2-3-7(12)8(13)4-6/h2-4,9,14-15H,5H2,1H3,(H,16,17);1-2,7,13-15,17-18H,3-5,12H2;2-4,12-14H,5,11H2,1H3,(H,15,16);2-4,12-13H,5,11H2,1H3,(H,14,15)/t11-;;2*10-/m1.00/s1. The fourth-order valence-electron chi connectivity index (χ4n) is 5.11. The van der Waals surface area contributed by atoms with E-state index < -0.39 is 82.9 Å². The van der Waals surface area contributed by atoms with Crippen molar-refractivity contribution in [1.29, 1.82) is 0 Å². The molecule has 364 valence electrons. The second-order valence-electron chi connectivity index (χ2n) is 15.3. The van der Waals surface area contributed by atoms with E-state index in [1.807, 2.05) is 0 Å². The lowest BCUT2D eigenvalue weighted by Crippen LogP contribution is -2.54. The molecule has 21 N–H and O–H groups in total. The number of aliphatic hydroxyl groups is 1. The average Bonchev–Trinajstić information content (AvgIpc) is 3.24. The summed E-state index contributed by atoms with van der Waals surface area (Å²) in [5, 5.41) is 121. The van der Waals surface area contributed by atoms with Crippen molar-refractivity contribution in [2.75, 3.05) is 13.2 Å². The lowest BCUT2D eigenvalue weighted by molar-refractivity contribution is -0.157. The van der Waals surface area contributed by atoms with Gasteiger partial charge in [-0.1, -0.05) is 24.3 Å². The van der Waals surface area contributed by atoms with Gasteiger partial charge in [0.05, 0.1) is 19.2 Å². The molecular weight excluding hydrogens is 884 g/mol. The van der Waals surface area contributed by atoms with Gasteiger partial charge in [-0.05, 0) is 86.3 Å². The number of aliphatic carboxylic acids is 3. The third-order valence-electron chi connectivity index (χ3n) is 9.51. The van der Waals surface area contributed by atoms with E-state index in [1.165, 1.54) is 68.4 Å². The van der Waals surface area contributed by atoms with Crippen LogP contribution in [0.15, 0.2) is 66.7 Å². The Morgan fingerprint density at radius 3 is 1.39 bits per heavy atom. The first-order valence-corrected chi connectivity index (χ1v) is 19.1. The summed E-state index contributed by atoms with van der Waals surface area (Å²) in [6.45, 7) is 3.38. The van der Waals surface area contributed by atoms with Gasteiger partial charge in [0.15, 0.2) is 51.8 Å². The summed E-state index contributed by atoms with van der Waals surface area (Å²) in [6, 6.07) is 13.4. The number of hydrazine groups is 1. The number of hydrogen-bond acceptors (Lipinski definition) is 19. The summed E-state index contributed by atoms with van der Waals surface area (Å²) in [7, 11) is 0. The van der Waals surface area contributed by atoms with Crippen LogP contribution in [0.1, 0.15) is 43.0 Å². The molecule has 0 aliphatic rings. The van der Waals surface area contributed by atoms with Crippen LogP contribution < -0.4 is 28.1 Å². The SMILES string of the molecule is C[C@@](Cc1ccc(O)c(O)c1)(NN)C(=O)O.C[C@](Cc1ccc(O)c(O)c1)(C(=O)O)C(F)F.C[C@](N)(Cc1ccc(O)c(O)c1)C(=O)O.NC(CO)C(=O)CNCc1ccc(O)c(O)c1O. The number of nitrogens with two attached hydrogens (primary N) is 3. The first-order chi connectivity index (χ1) is 30.5. The van der Waals surface area contributed by atoms with E-state index in [0.29, 0.717) is 16.7 Å². The van der Waals surface area contributed by atoms with Crippen LogP contribution in [0.3, 0.4) is 0 Å². The molecule has 0 aromatic heterocycles. The molecule has 4 aromatic rings. The Kier molecular flexibility index (Phi) is 21.3. The molecule has 0 bridgehead atoms. The first kappa shape index (κ1) is 56.8. The van der Waals surface area contributed by atoms with Gasteiger partial charge in [0.25, 0.3) is 6.43 Å². The summed E-state index contributed by atoms with van der Waals surface area (Å²) in [5.74, 6) is -2.39. The van der Waals surface area contributed by atoms with E-state index in [-0.39, 0.29) is 66.0 Å². The second kappa shape index (κ2) is 24.7. The number of phenolic OH excluding ortho intramolecular Hbond substituents is 9. The molecule has 0 fully saturated rings. The number of carbonyl (C=O) groups is 4. The summed E-state index contributed by atoms with van der Waals surface area (Å²) in [5.41, 5.74) is 9.79. The van der Waals surface area contributed by atoms with Gasteiger partial charge in [-0.3, -0.25) is 25.0 Å². The van der Waals surface area contributed by atoms with Crippen molar-refractivity contribution in [3.8, 4) is 51.7 Å². The van der Waals surface area contributed by atoms with Crippen LogP contribution in [0.5, 0.6) is 51.7 Å². The third-order valence-corrected chi connectivity index (χ3v) is 9.51. The molecular formula is C42H55F2N5O17. The fourth-order valence-corrected chi connectivity index (χ4v) is 5.11. The van der Waals surface area contributed by atoms with Gasteiger partial charge < -0.3 is 83.2 Å². The molecule has 0 radical (unpaired) electrons. The minimum Gasteiger partial charge on any atom is -0.504 e. The first-order valence-electron chi connectivity index (χ1n) is 19.1. The number of alkyl halides is 2. The van der Waals surface area contributed by atoms with Crippen LogP contribution in [-0.4, -0.2) is 127 Å². The zero-order valence-corrected chi connectivity index (χ0v) is 35.7. The molecule has 66 heavy (non-hydrogen) atoms. The molecule has 0 saturated heterocycles. The maximum Gasteiger partial charge on any atom is 0.325 e. The molecule has 22 nitrogen and oxygen atoms in total. The normalized spacial score (nSPS) is 13.9. The van der Waals surface area contributed by atoms with Crippen LogP contribution in [0.2, 0.25) is 0 Å². The molecule has 0 spiro atoms. The van der Waals surface area contributed by atoms with Gasteiger partial charge >= 0.3 is 17.9 Å². The molecule has 4 atom stereocenters. The van der Waals surface area contributed by atoms with E-state index in [0.717, 1.165) is 19.1 Å². The number of rotatable bonds is 17. The van der Waals surface area contributed by atoms with Crippen molar-refractivity contribution in [2.45, 2.75) is 70.1 Å². The molecule has 1 unspecified atom stereocenters. The smallest absolute Gasteiger partial charge is 0.325 e. The monoisotopic (exact) mass is 939 g/mol. The number of aromatic hydroxyl groups is 9. The molecule has 0 heterocycles. The van der Waals surface area contributed by atoms with Crippen molar-refractivity contribution in [1.82, 2.24) is 10.7 Å². The van der Waals surface area contributed by atoms with E-state index >= 15 is 0 Å². The number of aliphatic hydroxyl groups excluding tert-OH is 1. The van der Waals surface area contributed by atoms with Crippen LogP contribution in [0.4, 0.5) is 8.78 Å². The number of Topliss-reactive ketones (excluding diaryl/α,β-unsaturated/α-hetero) is 1. The maximum atomic E-state index is 12.7. The minimum atomic E-state index is -3.03. The Bertz CT molecular complexity index is 2300. The van der Waals surface area contributed by atoms with Gasteiger partial charge in [0.2, 0.25) is 5.75 Å². The van der Waals surface area contributed by atoms with Gasteiger partial charge in [-0.2, -0.15) is 0 Å². The summed E-state index contributed by atoms with van der Waals surface area (Å²) < 4.78 is 25.4. The second-order valence-corrected chi connectivity index (χ2v) is 15.3. The Hall–Kier alpha value is -7.22. The number of carbonyl (C=O) groups excluding carboxylic acids is 1. The highest BCUT2D eigenvalue weighted by Crippen LogP contribution is 2.37. The van der Waals surface area contributed by atoms with Crippen LogP contribution >= 0.6 is 0 Å². The number of carboxylic acids is 3. The van der Waals surface area contributed by atoms with Gasteiger partial charge in [0, 0.05) is 24.9 Å². The minimum absolute atomic E-state index is 0.0667. The molecule has 0 saturated carbocycles. The quantitative estimate of drug-likeness (QED) is 0.0401. The largest absolute Gasteiger partial charge is 0.504 e. The molecule has 0 aliphatic heterocycles. The number of phenols is 9. The van der Waals surface area contributed by atoms with E-state index in [4.69, 9.17) is 58.2 Å². The van der Waals surface area contributed by atoms with Crippen molar-refractivity contribution in [3.63, 3.8) is 0 Å². The molecule has 24 heteroatoms. The van der Waals surface area contributed by atoms with Crippen molar-refractivity contribution < 1.29 is 94.3 Å². The van der Waals surface area contributed by atoms with Crippen LogP contribution in [-0.2, 0) is 45.0 Å². The summed E-state index contributed by atoms with van der Waals surface area (Å²) >= 11 is 0. The Morgan fingerprint density at radius 1 is 0.606 bits per heavy atom. The zero-order valence-electron chi connectivity index (χ0n) is 35.7. The van der Waals surface area contributed by atoms with Gasteiger partial charge in [-0.25, -0.2) is 14.2 Å². The summed E-state index contributed by atoms with van der Waals surface area (Å²) in [4.78, 5) is 43.8. The van der Waals surface area contributed by atoms with E-state index in [1.54, 1.807) is 0 Å². The van der Waals surface area contributed by atoms with Crippen LogP contribution in [0.25, 0.3) is 0 Å². The molecule has 0 amide bonds. The van der Waals surface area contributed by atoms with Crippen molar-refractivity contribution in [3.05, 3.63) is 89.0 Å². The number of benzene rings is 4. The molecule has 4 aromatic carbocycles. The van der Waals surface area contributed by atoms with Crippen LogP contribution in [0, 0.1) is 5.41 Å². The third kappa shape index (κ3) is 16.7. The van der Waals surface area contributed by atoms with E-state index in [2.05, 4.69) is 10.7 Å². The number of ketones is 1. The lowest BCUT2D eigenvalue weighted by atomic mass is 9.84. The fraction of sp³-hybridized carbons (Fsp3) is 0.333. The average molecular weight is 940 g/mol. The zero-order chi connectivity index (χ0) is 50.9. The highest BCUT2D eigenvalue weighted by atomic mass is 19.3. The maximum absolute atomic E-state index is 12.7. The molecule has 4 rings (SSSR count). The highest BCUT2D eigenvalue weighted by molar-refractivity contribution is 5.85. The lowest BCUT2D eigenvalue weighted by Gasteiger charge is -2.23. The topological polar surface area (TPSA) is 433 Å². The van der Waals surface area contributed by atoms with Gasteiger partial charge in [0.1, 0.15) is 16.5 Å².